The molecule has 4 heteroatoms. The van der Waals surface area contributed by atoms with Gasteiger partial charge in [-0.1, -0.05) is 18.2 Å². The number of para-hydroxylation sites is 1. The number of hydrogen-bond acceptors (Lipinski definition) is 1. The van der Waals surface area contributed by atoms with Crippen molar-refractivity contribution in [2.24, 2.45) is 0 Å². The lowest BCUT2D eigenvalue weighted by Crippen LogP contribution is -1.99. The van der Waals surface area contributed by atoms with Gasteiger partial charge in [0.25, 0.3) is 0 Å². The molecule has 0 unspecified atom stereocenters. The molecule has 0 spiro atoms. The van der Waals surface area contributed by atoms with Crippen LogP contribution >= 0.6 is 0 Å². The van der Waals surface area contributed by atoms with Crippen LogP contribution in [0.25, 0.3) is 10.9 Å². The van der Waals surface area contributed by atoms with Crippen LogP contribution in [0.5, 0.6) is 0 Å². The number of benzene rings is 1. The Morgan fingerprint density at radius 2 is 2.14 bits per heavy atom. The van der Waals surface area contributed by atoms with E-state index in [0.717, 1.165) is 0 Å². The van der Waals surface area contributed by atoms with E-state index < -0.39 is 12.6 Å². The molecule has 3 nitrogen and oxygen atoms in total. The lowest BCUT2D eigenvalue weighted by molar-refractivity contribution is 0.0689. The minimum absolute atomic E-state index is 0.0614. The molecule has 1 heterocycles. The highest BCUT2D eigenvalue weighted by atomic mass is 19.1. The SMILES string of the molecule is O=C(O)c1[nH]c2ccccc2c1CF. The Labute approximate surface area is 79.2 Å². The number of carboxylic acid groups (broad SMARTS) is 1. The second-order valence-corrected chi connectivity index (χ2v) is 2.96. The molecule has 72 valence electrons. The molecule has 14 heavy (non-hydrogen) atoms. The van der Waals surface area contributed by atoms with Crippen LogP contribution in [0.4, 0.5) is 4.39 Å². The van der Waals surface area contributed by atoms with E-state index in [0.29, 0.717) is 10.9 Å². The quantitative estimate of drug-likeness (QED) is 0.769. The van der Waals surface area contributed by atoms with Gasteiger partial charge in [-0.05, 0) is 6.07 Å². The number of aromatic carboxylic acids is 1. The van der Waals surface area contributed by atoms with Gasteiger partial charge in [0.2, 0.25) is 0 Å². The number of aromatic amines is 1. The standard InChI is InChI=1S/C10H8FNO2/c11-5-7-6-3-1-2-4-8(6)12-9(7)10(13)14/h1-4,12H,5H2,(H,13,14). The third-order valence-electron chi connectivity index (χ3n) is 2.16. The zero-order valence-corrected chi connectivity index (χ0v) is 7.25. The molecule has 0 aliphatic carbocycles. The summed E-state index contributed by atoms with van der Waals surface area (Å²) in [6, 6.07) is 6.95. The topological polar surface area (TPSA) is 53.1 Å². The maximum Gasteiger partial charge on any atom is 0.352 e. The van der Waals surface area contributed by atoms with Gasteiger partial charge in [0.05, 0.1) is 0 Å². The van der Waals surface area contributed by atoms with Crippen molar-refractivity contribution in [3.63, 3.8) is 0 Å². The molecule has 0 fully saturated rings. The molecule has 1 aromatic heterocycles. The first-order chi connectivity index (χ1) is 6.74. The van der Waals surface area contributed by atoms with Crippen molar-refractivity contribution in [1.29, 1.82) is 0 Å². The monoisotopic (exact) mass is 193 g/mol. The number of carbonyl (C=O) groups is 1. The summed E-state index contributed by atoms with van der Waals surface area (Å²) in [7, 11) is 0. The predicted molar refractivity (Wildman–Crippen MR) is 50.1 cm³/mol. The lowest BCUT2D eigenvalue weighted by atomic mass is 10.1. The van der Waals surface area contributed by atoms with Crippen molar-refractivity contribution < 1.29 is 14.3 Å². The van der Waals surface area contributed by atoms with Gasteiger partial charge in [-0.25, -0.2) is 9.18 Å². The molecule has 0 saturated carbocycles. The summed E-state index contributed by atoms with van der Waals surface area (Å²) in [5.74, 6) is -1.13. The van der Waals surface area contributed by atoms with Crippen molar-refractivity contribution >= 4 is 16.9 Å². The van der Waals surface area contributed by atoms with E-state index in [1.54, 1.807) is 24.3 Å². The maximum absolute atomic E-state index is 12.6. The summed E-state index contributed by atoms with van der Waals surface area (Å²) in [5.41, 5.74) is 0.805. The summed E-state index contributed by atoms with van der Waals surface area (Å²) in [6.07, 6.45) is 0. The third kappa shape index (κ3) is 1.16. The number of carboxylic acids is 1. The number of rotatable bonds is 2. The average molecular weight is 193 g/mol. The highest BCUT2D eigenvalue weighted by molar-refractivity contribution is 5.97. The molecule has 0 aliphatic rings. The maximum atomic E-state index is 12.6. The van der Waals surface area contributed by atoms with E-state index in [-0.39, 0.29) is 11.3 Å². The molecule has 0 atom stereocenters. The highest BCUT2D eigenvalue weighted by Crippen LogP contribution is 2.23. The van der Waals surface area contributed by atoms with Gasteiger partial charge in [0.1, 0.15) is 12.4 Å². The van der Waals surface area contributed by atoms with Gasteiger partial charge >= 0.3 is 5.97 Å². The molecule has 1 aromatic carbocycles. The Kier molecular flexibility index (Phi) is 1.96. The number of aromatic nitrogens is 1. The van der Waals surface area contributed by atoms with Crippen LogP contribution in [-0.2, 0) is 6.67 Å². The first-order valence-corrected chi connectivity index (χ1v) is 4.13. The van der Waals surface area contributed by atoms with E-state index in [9.17, 15) is 9.18 Å². The minimum Gasteiger partial charge on any atom is -0.477 e. The first kappa shape index (κ1) is 8.74. The van der Waals surface area contributed by atoms with Crippen LogP contribution in [-0.4, -0.2) is 16.1 Å². The van der Waals surface area contributed by atoms with Crippen molar-refractivity contribution in [2.75, 3.05) is 0 Å². The smallest absolute Gasteiger partial charge is 0.352 e. The molecule has 0 radical (unpaired) electrons. The molecular formula is C10H8FNO2. The van der Waals surface area contributed by atoms with Gasteiger partial charge in [0.15, 0.2) is 0 Å². The number of H-pyrrole nitrogens is 1. The Morgan fingerprint density at radius 1 is 1.43 bits per heavy atom. The van der Waals surface area contributed by atoms with E-state index in [2.05, 4.69) is 4.98 Å². The lowest BCUT2D eigenvalue weighted by Gasteiger charge is -1.92. The molecule has 0 amide bonds. The molecule has 2 aromatic rings. The summed E-state index contributed by atoms with van der Waals surface area (Å²) in [5, 5.41) is 9.43. The normalized spacial score (nSPS) is 10.6. The number of nitrogens with one attached hydrogen (secondary N) is 1. The van der Waals surface area contributed by atoms with Crippen molar-refractivity contribution in [2.45, 2.75) is 6.67 Å². The molecule has 0 aliphatic heterocycles. The second kappa shape index (κ2) is 3.14. The fourth-order valence-corrected chi connectivity index (χ4v) is 1.52. The summed E-state index contributed by atoms with van der Waals surface area (Å²) >= 11 is 0. The van der Waals surface area contributed by atoms with Crippen molar-refractivity contribution in [1.82, 2.24) is 4.98 Å². The van der Waals surface area contributed by atoms with E-state index in [1.165, 1.54) is 0 Å². The largest absolute Gasteiger partial charge is 0.477 e. The van der Waals surface area contributed by atoms with E-state index in [1.807, 2.05) is 0 Å². The fourth-order valence-electron chi connectivity index (χ4n) is 1.52. The third-order valence-corrected chi connectivity index (χ3v) is 2.16. The van der Waals surface area contributed by atoms with Gasteiger partial charge in [-0.15, -0.1) is 0 Å². The zero-order valence-electron chi connectivity index (χ0n) is 7.25. The summed E-state index contributed by atoms with van der Waals surface area (Å²) in [4.78, 5) is 13.4. The average Bonchev–Trinajstić information content (AvgIpc) is 2.56. The second-order valence-electron chi connectivity index (χ2n) is 2.96. The van der Waals surface area contributed by atoms with Crippen LogP contribution in [0.3, 0.4) is 0 Å². The van der Waals surface area contributed by atoms with Crippen molar-refractivity contribution in [3.05, 3.63) is 35.5 Å². The molecular weight excluding hydrogens is 185 g/mol. The molecule has 2 N–H and O–H groups in total. The van der Waals surface area contributed by atoms with Gasteiger partial charge in [-0.3, -0.25) is 0 Å². The Hall–Kier alpha value is -1.84. The van der Waals surface area contributed by atoms with E-state index in [4.69, 9.17) is 5.11 Å². The van der Waals surface area contributed by atoms with Crippen molar-refractivity contribution in [3.8, 4) is 0 Å². The zero-order chi connectivity index (χ0) is 10.1. The van der Waals surface area contributed by atoms with Gasteiger partial charge in [-0.2, -0.15) is 0 Å². The molecule has 2 rings (SSSR count). The van der Waals surface area contributed by atoms with E-state index >= 15 is 0 Å². The predicted octanol–water partition coefficient (Wildman–Crippen LogP) is 2.34. The Balaban J connectivity index is 2.78. The Bertz CT molecular complexity index is 490. The molecule has 0 bridgehead atoms. The number of fused-ring (bicyclic) bond motifs is 1. The van der Waals surface area contributed by atoms with Crippen LogP contribution in [0, 0.1) is 0 Å². The Morgan fingerprint density at radius 3 is 2.79 bits per heavy atom. The summed E-state index contributed by atoms with van der Waals surface area (Å²) < 4.78 is 12.6. The molecule has 0 saturated heterocycles. The number of halogens is 1. The fraction of sp³-hybridized carbons (Fsp3) is 0.100. The number of hydrogen-bond donors (Lipinski definition) is 2. The van der Waals surface area contributed by atoms with Crippen LogP contribution < -0.4 is 0 Å². The first-order valence-electron chi connectivity index (χ1n) is 4.13. The number of alkyl halides is 1. The van der Waals surface area contributed by atoms with Crippen LogP contribution in [0.15, 0.2) is 24.3 Å². The minimum atomic E-state index is -1.13. The van der Waals surface area contributed by atoms with Gasteiger partial charge in [0, 0.05) is 16.5 Å². The van der Waals surface area contributed by atoms with Crippen LogP contribution in [0.1, 0.15) is 16.1 Å². The highest BCUT2D eigenvalue weighted by Gasteiger charge is 2.15. The summed E-state index contributed by atoms with van der Waals surface area (Å²) in [6.45, 7) is -0.772. The van der Waals surface area contributed by atoms with Gasteiger partial charge < -0.3 is 10.1 Å². The van der Waals surface area contributed by atoms with Crippen LogP contribution in [0.2, 0.25) is 0 Å².